The summed E-state index contributed by atoms with van der Waals surface area (Å²) in [5, 5.41) is 0. The molecule has 0 atom stereocenters. The third kappa shape index (κ3) is 2.41. The number of ketones is 1. The molecule has 0 radical (unpaired) electrons. The normalized spacial score (nSPS) is 14.0. The summed E-state index contributed by atoms with van der Waals surface area (Å²) in [5.74, 6) is -0.854. The monoisotopic (exact) mass is 274 g/mol. The van der Waals surface area contributed by atoms with Crippen LogP contribution in [-0.2, 0) is 6.42 Å². The van der Waals surface area contributed by atoms with Gasteiger partial charge in [0.05, 0.1) is 0 Å². The van der Waals surface area contributed by atoms with E-state index in [0.29, 0.717) is 17.7 Å². The van der Waals surface area contributed by atoms with Gasteiger partial charge in [-0.25, -0.2) is 8.78 Å². The number of ether oxygens (including phenoxy) is 1. The fourth-order valence-electron chi connectivity index (χ4n) is 2.37. The average molecular weight is 274 g/mol. The highest BCUT2D eigenvalue weighted by Gasteiger charge is 2.17. The van der Waals surface area contributed by atoms with Gasteiger partial charge in [-0.05, 0) is 48.7 Å². The fraction of sp³-hybridized carbons (Fsp3) is 0.188. The standard InChI is InChI=1S/C16H12F2O2/c17-11-4-7-16(14(18)9-11)20-12-5-6-13-10(8-12)2-1-3-15(13)19/h4-9H,1-3H2. The Bertz CT molecular complexity index is 680. The first-order valence-corrected chi connectivity index (χ1v) is 6.42. The third-order valence-electron chi connectivity index (χ3n) is 3.35. The molecule has 0 saturated carbocycles. The van der Waals surface area contributed by atoms with Crippen LogP contribution in [0.5, 0.6) is 11.5 Å². The minimum absolute atomic E-state index is 0.0338. The minimum Gasteiger partial charge on any atom is -0.454 e. The smallest absolute Gasteiger partial charge is 0.168 e. The van der Waals surface area contributed by atoms with Gasteiger partial charge < -0.3 is 4.74 Å². The molecule has 0 fully saturated rings. The Morgan fingerprint density at radius 3 is 2.65 bits per heavy atom. The van der Waals surface area contributed by atoms with Crippen LogP contribution in [-0.4, -0.2) is 5.78 Å². The molecule has 0 bridgehead atoms. The van der Waals surface area contributed by atoms with Crippen molar-refractivity contribution in [3.05, 3.63) is 59.2 Å². The van der Waals surface area contributed by atoms with E-state index in [0.717, 1.165) is 30.5 Å². The van der Waals surface area contributed by atoms with Crippen molar-refractivity contribution in [2.24, 2.45) is 0 Å². The summed E-state index contributed by atoms with van der Waals surface area (Å²) in [6, 6.07) is 8.24. The van der Waals surface area contributed by atoms with Crippen LogP contribution in [0.15, 0.2) is 36.4 Å². The van der Waals surface area contributed by atoms with Crippen molar-refractivity contribution in [3.8, 4) is 11.5 Å². The number of carbonyl (C=O) groups excluding carboxylic acids is 1. The van der Waals surface area contributed by atoms with Gasteiger partial charge in [0.15, 0.2) is 17.3 Å². The lowest BCUT2D eigenvalue weighted by Crippen LogP contribution is -2.10. The molecule has 0 N–H and O–H groups in total. The molecule has 1 aliphatic carbocycles. The Hall–Kier alpha value is -2.23. The lowest BCUT2D eigenvalue weighted by atomic mass is 9.90. The van der Waals surface area contributed by atoms with Gasteiger partial charge in [0.1, 0.15) is 11.6 Å². The number of carbonyl (C=O) groups is 1. The maximum atomic E-state index is 13.5. The molecule has 0 saturated heterocycles. The second-order valence-corrected chi connectivity index (χ2v) is 4.77. The van der Waals surface area contributed by atoms with Gasteiger partial charge in [-0.15, -0.1) is 0 Å². The van der Waals surface area contributed by atoms with E-state index in [9.17, 15) is 13.6 Å². The molecular weight excluding hydrogens is 262 g/mol. The van der Waals surface area contributed by atoms with Crippen molar-refractivity contribution in [2.75, 3.05) is 0 Å². The molecule has 0 amide bonds. The number of halogens is 2. The molecule has 3 rings (SSSR count). The molecule has 0 aliphatic heterocycles. The van der Waals surface area contributed by atoms with Crippen molar-refractivity contribution in [1.82, 2.24) is 0 Å². The number of Topliss-reactive ketones (excluding diaryl/α,β-unsaturated/α-hetero) is 1. The second-order valence-electron chi connectivity index (χ2n) is 4.77. The Balaban J connectivity index is 1.90. The molecule has 2 aromatic carbocycles. The zero-order chi connectivity index (χ0) is 14.1. The average Bonchev–Trinajstić information content (AvgIpc) is 2.42. The van der Waals surface area contributed by atoms with E-state index < -0.39 is 11.6 Å². The van der Waals surface area contributed by atoms with E-state index >= 15 is 0 Å². The van der Waals surface area contributed by atoms with Gasteiger partial charge >= 0.3 is 0 Å². The van der Waals surface area contributed by atoms with E-state index in [1.807, 2.05) is 0 Å². The van der Waals surface area contributed by atoms with Gasteiger partial charge in [-0.3, -0.25) is 4.79 Å². The third-order valence-corrected chi connectivity index (χ3v) is 3.35. The highest BCUT2D eigenvalue weighted by Crippen LogP contribution is 2.29. The van der Waals surface area contributed by atoms with Crippen LogP contribution < -0.4 is 4.74 Å². The maximum Gasteiger partial charge on any atom is 0.168 e. The largest absolute Gasteiger partial charge is 0.454 e. The predicted octanol–water partition coefficient (Wildman–Crippen LogP) is 4.28. The summed E-state index contributed by atoms with van der Waals surface area (Å²) in [4.78, 5) is 11.7. The molecule has 102 valence electrons. The van der Waals surface area contributed by atoms with Crippen molar-refractivity contribution in [2.45, 2.75) is 19.3 Å². The van der Waals surface area contributed by atoms with Crippen molar-refractivity contribution in [1.29, 1.82) is 0 Å². The topological polar surface area (TPSA) is 26.3 Å². The van der Waals surface area contributed by atoms with Gasteiger partial charge in [-0.1, -0.05) is 0 Å². The van der Waals surface area contributed by atoms with E-state index in [2.05, 4.69) is 0 Å². The van der Waals surface area contributed by atoms with Gasteiger partial charge in [-0.2, -0.15) is 0 Å². The van der Waals surface area contributed by atoms with Crippen LogP contribution in [0, 0.1) is 11.6 Å². The van der Waals surface area contributed by atoms with Crippen LogP contribution in [0.1, 0.15) is 28.8 Å². The zero-order valence-electron chi connectivity index (χ0n) is 10.7. The summed E-state index contributed by atoms with van der Waals surface area (Å²) in [6.07, 6.45) is 2.20. The maximum absolute atomic E-state index is 13.5. The Kier molecular flexibility index (Phi) is 3.22. The quantitative estimate of drug-likeness (QED) is 0.817. The summed E-state index contributed by atoms with van der Waals surface area (Å²) in [7, 11) is 0. The van der Waals surface area contributed by atoms with Crippen LogP contribution in [0.2, 0.25) is 0 Å². The molecule has 4 heteroatoms. The molecule has 20 heavy (non-hydrogen) atoms. The first-order chi connectivity index (χ1) is 9.63. The molecule has 0 spiro atoms. The number of aryl methyl sites for hydroxylation is 1. The summed E-state index contributed by atoms with van der Waals surface area (Å²) in [6.45, 7) is 0. The number of hydrogen-bond donors (Lipinski definition) is 0. The van der Waals surface area contributed by atoms with Crippen LogP contribution in [0.25, 0.3) is 0 Å². The summed E-state index contributed by atoms with van der Waals surface area (Å²) in [5.41, 5.74) is 1.63. The first-order valence-electron chi connectivity index (χ1n) is 6.42. The highest BCUT2D eigenvalue weighted by atomic mass is 19.1. The highest BCUT2D eigenvalue weighted by molar-refractivity contribution is 5.98. The molecule has 0 unspecified atom stereocenters. The molecule has 2 nitrogen and oxygen atoms in total. The minimum atomic E-state index is -0.751. The lowest BCUT2D eigenvalue weighted by molar-refractivity contribution is 0.0972. The first kappa shape index (κ1) is 12.8. The summed E-state index contributed by atoms with van der Waals surface area (Å²) >= 11 is 0. The predicted molar refractivity (Wildman–Crippen MR) is 70.1 cm³/mol. The Morgan fingerprint density at radius 2 is 1.85 bits per heavy atom. The van der Waals surface area contributed by atoms with E-state index in [1.165, 1.54) is 6.07 Å². The Morgan fingerprint density at radius 1 is 1.00 bits per heavy atom. The lowest BCUT2D eigenvalue weighted by Gasteiger charge is -2.16. The van der Waals surface area contributed by atoms with E-state index in [1.54, 1.807) is 18.2 Å². The van der Waals surface area contributed by atoms with Crippen molar-refractivity contribution in [3.63, 3.8) is 0 Å². The van der Waals surface area contributed by atoms with Crippen molar-refractivity contribution < 1.29 is 18.3 Å². The molecule has 1 aliphatic rings. The van der Waals surface area contributed by atoms with E-state index in [4.69, 9.17) is 4.74 Å². The number of benzene rings is 2. The van der Waals surface area contributed by atoms with Gasteiger partial charge in [0.25, 0.3) is 0 Å². The molecule has 2 aromatic rings. The SMILES string of the molecule is O=C1CCCc2cc(Oc3ccc(F)cc3F)ccc21. The van der Waals surface area contributed by atoms with Crippen LogP contribution in [0.3, 0.4) is 0 Å². The number of fused-ring (bicyclic) bond motifs is 1. The zero-order valence-corrected chi connectivity index (χ0v) is 10.7. The van der Waals surface area contributed by atoms with Crippen LogP contribution >= 0.6 is 0 Å². The summed E-state index contributed by atoms with van der Waals surface area (Å²) < 4.78 is 31.8. The van der Waals surface area contributed by atoms with Gasteiger partial charge in [0.2, 0.25) is 0 Å². The molecular formula is C16H12F2O2. The fourth-order valence-corrected chi connectivity index (χ4v) is 2.37. The van der Waals surface area contributed by atoms with Gasteiger partial charge in [0, 0.05) is 18.1 Å². The molecule has 0 heterocycles. The second kappa shape index (κ2) is 5.04. The molecule has 0 aromatic heterocycles. The van der Waals surface area contributed by atoms with Crippen LogP contribution in [0.4, 0.5) is 8.78 Å². The van der Waals surface area contributed by atoms with Crippen molar-refractivity contribution >= 4 is 5.78 Å². The van der Waals surface area contributed by atoms with E-state index in [-0.39, 0.29) is 11.5 Å². The Labute approximate surface area is 115 Å². The number of rotatable bonds is 2. The number of hydrogen-bond acceptors (Lipinski definition) is 2.